The minimum atomic E-state index is -0.923. The van der Waals surface area contributed by atoms with Crippen molar-refractivity contribution in [1.29, 1.82) is 0 Å². The van der Waals surface area contributed by atoms with Gasteiger partial charge in [0.25, 0.3) is 5.91 Å². The molecule has 20 heavy (non-hydrogen) atoms. The number of amides is 1. The Morgan fingerprint density at radius 1 is 1.55 bits per heavy atom. The van der Waals surface area contributed by atoms with E-state index in [4.69, 9.17) is 9.84 Å². The summed E-state index contributed by atoms with van der Waals surface area (Å²) in [4.78, 5) is 24.6. The van der Waals surface area contributed by atoms with Crippen molar-refractivity contribution in [3.63, 3.8) is 0 Å². The lowest BCUT2D eigenvalue weighted by Gasteiger charge is -2.31. The molecule has 0 saturated carbocycles. The second-order valence-corrected chi connectivity index (χ2v) is 5.12. The predicted octanol–water partition coefficient (Wildman–Crippen LogP) is 0.780. The molecule has 1 aromatic heterocycles. The summed E-state index contributed by atoms with van der Waals surface area (Å²) < 4.78 is 7.07. The van der Waals surface area contributed by atoms with E-state index >= 15 is 0 Å². The van der Waals surface area contributed by atoms with Gasteiger partial charge < -0.3 is 14.7 Å². The molecule has 1 aromatic rings. The topological polar surface area (TPSA) is 84.7 Å². The lowest BCUT2D eigenvalue weighted by molar-refractivity contribution is -0.141. The number of aliphatic carboxylic acids is 1. The van der Waals surface area contributed by atoms with Crippen LogP contribution in [0.1, 0.15) is 36.8 Å². The van der Waals surface area contributed by atoms with E-state index < -0.39 is 12.1 Å². The Labute approximate surface area is 117 Å². The Kier molecular flexibility index (Phi) is 4.39. The molecule has 1 amide bonds. The summed E-state index contributed by atoms with van der Waals surface area (Å²) in [6, 6.07) is 1.88. The maximum atomic E-state index is 12.3. The average Bonchev–Trinajstić information content (AvgIpc) is 2.87. The first kappa shape index (κ1) is 14.5. The normalized spacial score (nSPS) is 19.4. The van der Waals surface area contributed by atoms with Crippen molar-refractivity contribution < 1.29 is 19.4 Å². The van der Waals surface area contributed by atoms with Gasteiger partial charge in [-0.05, 0) is 19.9 Å². The lowest BCUT2D eigenvalue weighted by Crippen LogP contribution is -2.46. The number of carbonyl (C=O) groups excluding carboxylic acids is 1. The average molecular weight is 281 g/mol. The fourth-order valence-electron chi connectivity index (χ4n) is 2.12. The van der Waals surface area contributed by atoms with E-state index in [2.05, 4.69) is 5.10 Å². The summed E-state index contributed by atoms with van der Waals surface area (Å²) in [5, 5.41) is 13.0. The zero-order valence-corrected chi connectivity index (χ0v) is 11.7. The van der Waals surface area contributed by atoms with Crippen LogP contribution in [0.2, 0.25) is 0 Å². The predicted molar refractivity (Wildman–Crippen MR) is 70.5 cm³/mol. The van der Waals surface area contributed by atoms with Crippen LogP contribution in [-0.2, 0) is 9.53 Å². The first-order chi connectivity index (χ1) is 9.47. The monoisotopic (exact) mass is 281 g/mol. The molecule has 0 spiro atoms. The second-order valence-electron chi connectivity index (χ2n) is 5.12. The van der Waals surface area contributed by atoms with E-state index in [0.717, 1.165) is 0 Å². The van der Waals surface area contributed by atoms with Crippen LogP contribution in [0, 0.1) is 0 Å². The Morgan fingerprint density at radius 3 is 2.90 bits per heavy atom. The summed E-state index contributed by atoms with van der Waals surface area (Å²) in [6.45, 7) is 5.08. The van der Waals surface area contributed by atoms with Crippen LogP contribution < -0.4 is 0 Å². The molecule has 0 aliphatic carbocycles. The standard InChI is InChI=1S/C13H19N3O4/c1-9(2)16-4-3-11(14-16)13(19)15-5-6-20-10(8-15)7-12(17)18/h3-4,9-10H,5-8H2,1-2H3,(H,17,18). The van der Waals surface area contributed by atoms with Crippen LogP contribution in [0.15, 0.2) is 12.3 Å². The van der Waals surface area contributed by atoms with Crippen LogP contribution in [0.3, 0.4) is 0 Å². The maximum absolute atomic E-state index is 12.3. The number of nitrogens with zero attached hydrogens (tertiary/aromatic N) is 3. The van der Waals surface area contributed by atoms with Crippen molar-refractivity contribution in [1.82, 2.24) is 14.7 Å². The number of morpholine rings is 1. The van der Waals surface area contributed by atoms with Gasteiger partial charge in [0.05, 0.1) is 19.1 Å². The maximum Gasteiger partial charge on any atom is 0.306 e. The molecule has 1 aliphatic heterocycles. The number of carbonyl (C=O) groups is 2. The van der Waals surface area contributed by atoms with E-state index in [1.807, 2.05) is 13.8 Å². The number of rotatable bonds is 4. The SMILES string of the molecule is CC(C)n1ccc(C(=O)N2CCOC(CC(=O)O)C2)n1. The molecule has 2 heterocycles. The Balaban J connectivity index is 2.02. The third-order valence-corrected chi connectivity index (χ3v) is 3.18. The van der Waals surface area contributed by atoms with Gasteiger partial charge in [-0.25, -0.2) is 0 Å². The van der Waals surface area contributed by atoms with E-state index in [0.29, 0.717) is 25.4 Å². The van der Waals surface area contributed by atoms with Gasteiger partial charge in [-0.3, -0.25) is 14.3 Å². The van der Waals surface area contributed by atoms with Crippen LogP contribution in [0.4, 0.5) is 0 Å². The van der Waals surface area contributed by atoms with Crippen LogP contribution in [0.5, 0.6) is 0 Å². The van der Waals surface area contributed by atoms with Crippen LogP contribution in [-0.4, -0.2) is 57.5 Å². The minimum Gasteiger partial charge on any atom is -0.481 e. The van der Waals surface area contributed by atoms with E-state index in [1.165, 1.54) is 0 Å². The van der Waals surface area contributed by atoms with E-state index in [-0.39, 0.29) is 18.4 Å². The molecular weight excluding hydrogens is 262 g/mol. The molecule has 7 heteroatoms. The lowest BCUT2D eigenvalue weighted by atomic mass is 10.2. The zero-order valence-electron chi connectivity index (χ0n) is 11.7. The second kappa shape index (κ2) is 6.04. The minimum absolute atomic E-state index is 0.0930. The molecule has 1 unspecified atom stereocenters. The Hall–Kier alpha value is -1.89. The highest BCUT2D eigenvalue weighted by molar-refractivity contribution is 5.92. The summed E-state index contributed by atoms with van der Waals surface area (Å²) in [7, 11) is 0. The molecule has 1 N–H and O–H groups in total. The fourth-order valence-corrected chi connectivity index (χ4v) is 2.12. The van der Waals surface area contributed by atoms with Crippen molar-refractivity contribution in [3.8, 4) is 0 Å². The number of carboxylic acid groups (broad SMARTS) is 1. The highest BCUT2D eigenvalue weighted by Gasteiger charge is 2.27. The van der Waals surface area contributed by atoms with Gasteiger partial charge in [-0.2, -0.15) is 5.10 Å². The van der Waals surface area contributed by atoms with Crippen molar-refractivity contribution >= 4 is 11.9 Å². The number of hydrogen-bond acceptors (Lipinski definition) is 4. The molecule has 2 rings (SSSR count). The molecule has 1 aliphatic rings. The highest BCUT2D eigenvalue weighted by atomic mass is 16.5. The van der Waals surface area contributed by atoms with Gasteiger partial charge in [0, 0.05) is 25.3 Å². The van der Waals surface area contributed by atoms with Gasteiger partial charge in [-0.1, -0.05) is 0 Å². The summed E-state index contributed by atoms with van der Waals surface area (Å²) in [6.07, 6.45) is 1.23. The van der Waals surface area contributed by atoms with Gasteiger partial charge >= 0.3 is 5.97 Å². The molecule has 0 aromatic carbocycles. The summed E-state index contributed by atoms with van der Waals surface area (Å²) in [5.41, 5.74) is 0.384. The van der Waals surface area contributed by atoms with Crippen molar-refractivity contribution in [2.75, 3.05) is 19.7 Å². The molecular formula is C13H19N3O4. The molecule has 1 atom stereocenters. The van der Waals surface area contributed by atoms with Gasteiger partial charge in [-0.15, -0.1) is 0 Å². The van der Waals surface area contributed by atoms with Gasteiger partial charge in [0.15, 0.2) is 0 Å². The van der Waals surface area contributed by atoms with Crippen molar-refractivity contribution in [2.24, 2.45) is 0 Å². The third kappa shape index (κ3) is 3.36. The van der Waals surface area contributed by atoms with Gasteiger partial charge in [0.2, 0.25) is 0 Å². The quantitative estimate of drug-likeness (QED) is 0.881. The third-order valence-electron chi connectivity index (χ3n) is 3.18. The van der Waals surface area contributed by atoms with Gasteiger partial charge in [0.1, 0.15) is 5.69 Å². The van der Waals surface area contributed by atoms with Crippen molar-refractivity contribution in [2.45, 2.75) is 32.4 Å². The van der Waals surface area contributed by atoms with E-state index in [1.54, 1.807) is 21.8 Å². The summed E-state index contributed by atoms with van der Waals surface area (Å²) >= 11 is 0. The number of carboxylic acids is 1. The molecule has 110 valence electrons. The molecule has 1 saturated heterocycles. The molecule has 7 nitrogen and oxygen atoms in total. The molecule has 0 radical (unpaired) electrons. The Bertz CT molecular complexity index is 498. The fraction of sp³-hybridized carbons (Fsp3) is 0.615. The van der Waals surface area contributed by atoms with Crippen molar-refractivity contribution in [3.05, 3.63) is 18.0 Å². The molecule has 1 fully saturated rings. The first-order valence-corrected chi connectivity index (χ1v) is 6.65. The highest BCUT2D eigenvalue weighted by Crippen LogP contribution is 2.13. The smallest absolute Gasteiger partial charge is 0.306 e. The largest absolute Gasteiger partial charge is 0.481 e. The number of aromatic nitrogens is 2. The summed E-state index contributed by atoms with van der Waals surface area (Å²) in [5.74, 6) is -1.10. The van der Waals surface area contributed by atoms with E-state index in [9.17, 15) is 9.59 Å². The van der Waals surface area contributed by atoms with Crippen LogP contribution >= 0.6 is 0 Å². The number of hydrogen-bond donors (Lipinski definition) is 1. The zero-order chi connectivity index (χ0) is 14.7. The first-order valence-electron chi connectivity index (χ1n) is 6.65. The number of ether oxygens (including phenoxy) is 1. The Morgan fingerprint density at radius 2 is 2.30 bits per heavy atom. The molecule has 0 bridgehead atoms. The van der Waals surface area contributed by atoms with Crippen LogP contribution in [0.25, 0.3) is 0 Å².